The van der Waals surface area contributed by atoms with E-state index in [2.05, 4.69) is 22.0 Å². The van der Waals surface area contributed by atoms with Gasteiger partial charge in [-0.25, -0.2) is 0 Å². The minimum absolute atomic E-state index is 0.0816. The van der Waals surface area contributed by atoms with E-state index < -0.39 is 5.92 Å². The zero-order valence-corrected chi connectivity index (χ0v) is 11.9. The number of hydrogen-bond donors (Lipinski definition) is 0. The molecule has 90 valence electrons. The van der Waals surface area contributed by atoms with Gasteiger partial charge in [0, 0.05) is 10.0 Å². The van der Waals surface area contributed by atoms with Gasteiger partial charge in [0.15, 0.2) is 5.78 Å². The molecular formula is C14H16BrNO. The molecule has 0 aliphatic heterocycles. The van der Waals surface area contributed by atoms with Crippen LogP contribution in [0.4, 0.5) is 0 Å². The molecule has 2 nitrogen and oxygen atoms in total. The monoisotopic (exact) mass is 293 g/mol. The van der Waals surface area contributed by atoms with Gasteiger partial charge in [0.1, 0.15) is 5.92 Å². The number of hydrogen-bond acceptors (Lipinski definition) is 2. The molecule has 0 aromatic heterocycles. The molecule has 0 aliphatic carbocycles. The van der Waals surface area contributed by atoms with Crippen LogP contribution in [0.2, 0.25) is 0 Å². The summed E-state index contributed by atoms with van der Waals surface area (Å²) in [5, 5.41) is 9.05. The number of rotatable bonds is 4. The Morgan fingerprint density at radius 1 is 1.47 bits per heavy atom. The third-order valence-electron chi connectivity index (χ3n) is 2.64. The van der Waals surface area contributed by atoms with Gasteiger partial charge in [0.25, 0.3) is 0 Å². The van der Waals surface area contributed by atoms with Gasteiger partial charge in [-0.2, -0.15) is 5.26 Å². The number of benzene rings is 1. The van der Waals surface area contributed by atoms with Crippen LogP contribution in [0.15, 0.2) is 22.7 Å². The smallest absolute Gasteiger partial charge is 0.180 e. The lowest BCUT2D eigenvalue weighted by Crippen LogP contribution is -2.15. The molecule has 1 aromatic rings. The van der Waals surface area contributed by atoms with E-state index in [1.54, 1.807) is 12.1 Å². The second-order valence-corrected chi connectivity index (χ2v) is 5.49. The van der Waals surface area contributed by atoms with Gasteiger partial charge in [-0.1, -0.05) is 41.9 Å². The Morgan fingerprint density at radius 3 is 2.59 bits per heavy atom. The molecule has 3 heteroatoms. The summed E-state index contributed by atoms with van der Waals surface area (Å²) in [6.07, 6.45) is 0.612. The van der Waals surface area contributed by atoms with Crippen LogP contribution in [0.25, 0.3) is 0 Å². The molecule has 0 heterocycles. The van der Waals surface area contributed by atoms with Crippen LogP contribution >= 0.6 is 15.9 Å². The Bertz CT molecular complexity index is 460. The van der Waals surface area contributed by atoms with Crippen molar-refractivity contribution in [2.75, 3.05) is 0 Å². The van der Waals surface area contributed by atoms with Crippen LogP contribution < -0.4 is 0 Å². The minimum atomic E-state index is -0.537. The summed E-state index contributed by atoms with van der Waals surface area (Å²) in [5.41, 5.74) is 1.69. The van der Waals surface area contributed by atoms with Crippen LogP contribution in [0.1, 0.15) is 36.2 Å². The zero-order chi connectivity index (χ0) is 13.0. The first-order chi connectivity index (χ1) is 7.95. The lowest BCUT2D eigenvalue weighted by molar-refractivity contribution is 0.0937. The fraction of sp³-hybridized carbons (Fsp3) is 0.429. The Labute approximate surface area is 111 Å². The van der Waals surface area contributed by atoms with Crippen molar-refractivity contribution in [2.24, 2.45) is 11.8 Å². The predicted octanol–water partition coefficient (Wildman–Crippen LogP) is 4.13. The fourth-order valence-electron chi connectivity index (χ4n) is 1.64. The standard InChI is InChI=1S/C14H16BrNO/c1-9(2)6-12(8-16)14(17)11-5-4-10(3)13(15)7-11/h4-5,7,9,12H,6H2,1-3H3. The molecule has 1 rings (SSSR count). The number of carbonyl (C=O) groups is 1. The minimum Gasteiger partial charge on any atom is -0.293 e. The lowest BCUT2D eigenvalue weighted by Gasteiger charge is -2.11. The third-order valence-corrected chi connectivity index (χ3v) is 3.49. The maximum absolute atomic E-state index is 12.1. The molecule has 0 saturated heterocycles. The Hall–Kier alpha value is -1.14. The maximum atomic E-state index is 12.1. The van der Waals surface area contributed by atoms with Crippen LogP contribution in [-0.4, -0.2) is 5.78 Å². The molecular weight excluding hydrogens is 278 g/mol. The molecule has 0 radical (unpaired) electrons. The SMILES string of the molecule is Cc1ccc(C(=O)C(C#N)CC(C)C)cc1Br. The molecule has 1 unspecified atom stereocenters. The number of halogens is 1. The van der Waals surface area contributed by atoms with E-state index >= 15 is 0 Å². The molecule has 1 atom stereocenters. The molecule has 0 spiro atoms. The lowest BCUT2D eigenvalue weighted by atomic mass is 9.91. The van der Waals surface area contributed by atoms with Crippen molar-refractivity contribution in [1.82, 2.24) is 0 Å². The van der Waals surface area contributed by atoms with E-state index in [0.29, 0.717) is 17.9 Å². The summed E-state index contributed by atoms with van der Waals surface area (Å²) in [7, 11) is 0. The van der Waals surface area contributed by atoms with E-state index in [1.165, 1.54) is 0 Å². The number of aryl methyl sites for hydroxylation is 1. The third kappa shape index (κ3) is 3.67. The highest BCUT2D eigenvalue weighted by molar-refractivity contribution is 9.10. The van der Waals surface area contributed by atoms with Crippen molar-refractivity contribution >= 4 is 21.7 Å². The molecule has 0 N–H and O–H groups in total. The quantitative estimate of drug-likeness (QED) is 0.783. The number of Topliss-reactive ketones (excluding diaryl/α,β-unsaturated/α-hetero) is 1. The molecule has 1 aromatic carbocycles. The normalized spacial score (nSPS) is 12.2. The van der Waals surface area contributed by atoms with Crippen LogP contribution in [0, 0.1) is 30.1 Å². The fourth-order valence-corrected chi connectivity index (χ4v) is 2.02. The highest BCUT2D eigenvalue weighted by Crippen LogP contribution is 2.22. The van der Waals surface area contributed by atoms with Gasteiger partial charge in [0.2, 0.25) is 0 Å². The summed E-state index contributed by atoms with van der Waals surface area (Å²) in [4.78, 5) is 12.1. The van der Waals surface area contributed by atoms with E-state index in [-0.39, 0.29) is 5.78 Å². The second-order valence-electron chi connectivity index (χ2n) is 4.64. The number of nitrogens with zero attached hydrogens (tertiary/aromatic N) is 1. The predicted molar refractivity (Wildman–Crippen MR) is 71.8 cm³/mol. The van der Waals surface area contributed by atoms with Gasteiger partial charge in [0.05, 0.1) is 6.07 Å². The number of carbonyl (C=O) groups excluding carboxylic acids is 1. The molecule has 0 aliphatic rings. The Morgan fingerprint density at radius 2 is 2.12 bits per heavy atom. The van der Waals surface area contributed by atoms with Crippen LogP contribution in [0.3, 0.4) is 0 Å². The maximum Gasteiger partial charge on any atom is 0.180 e. The second kappa shape index (κ2) is 5.97. The van der Waals surface area contributed by atoms with Crippen molar-refractivity contribution in [3.8, 4) is 6.07 Å². The van der Waals surface area contributed by atoms with Gasteiger partial charge in [-0.15, -0.1) is 0 Å². The molecule has 0 amide bonds. The molecule has 0 saturated carbocycles. The van der Waals surface area contributed by atoms with Crippen LogP contribution in [0.5, 0.6) is 0 Å². The van der Waals surface area contributed by atoms with Crippen molar-refractivity contribution in [1.29, 1.82) is 5.26 Å². The van der Waals surface area contributed by atoms with E-state index in [0.717, 1.165) is 10.0 Å². The van der Waals surface area contributed by atoms with Gasteiger partial charge in [-0.05, 0) is 30.9 Å². The van der Waals surface area contributed by atoms with Crippen molar-refractivity contribution < 1.29 is 4.79 Å². The first-order valence-corrected chi connectivity index (χ1v) is 6.45. The van der Waals surface area contributed by atoms with Gasteiger partial charge >= 0.3 is 0 Å². The summed E-state index contributed by atoms with van der Waals surface area (Å²) >= 11 is 3.40. The topological polar surface area (TPSA) is 40.9 Å². The molecule has 0 bridgehead atoms. The van der Waals surface area contributed by atoms with Crippen molar-refractivity contribution in [3.05, 3.63) is 33.8 Å². The highest BCUT2D eigenvalue weighted by Gasteiger charge is 2.21. The summed E-state index contributed by atoms with van der Waals surface area (Å²) in [6, 6.07) is 7.57. The number of ketones is 1. The number of nitriles is 1. The van der Waals surface area contributed by atoms with Crippen molar-refractivity contribution in [2.45, 2.75) is 27.2 Å². The average molecular weight is 294 g/mol. The van der Waals surface area contributed by atoms with Crippen molar-refractivity contribution in [3.63, 3.8) is 0 Å². The Balaban J connectivity index is 2.95. The first kappa shape index (κ1) is 13.9. The largest absolute Gasteiger partial charge is 0.293 e. The first-order valence-electron chi connectivity index (χ1n) is 5.65. The summed E-state index contributed by atoms with van der Waals surface area (Å²) in [5.74, 6) is -0.274. The summed E-state index contributed by atoms with van der Waals surface area (Å²) < 4.78 is 0.907. The van der Waals surface area contributed by atoms with E-state index in [1.807, 2.05) is 26.8 Å². The molecule has 0 fully saturated rings. The van der Waals surface area contributed by atoms with Crippen LogP contribution in [-0.2, 0) is 0 Å². The highest BCUT2D eigenvalue weighted by atomic mass is 79.9. The molecule has 17 heavy (non-hydrogen) atoms. The van der Waals surface area contributed by atoms with Gasteiger partial charge < -0.3 is 0 Å². The Kier molecular flexibility index (Phi) is 4.89. The van der Waals surface area contributed by atoms with Gasteiger partial charge in [-0.3, -0.25) is 4.79 Å². The zero-order valence-electron chi connectivity index (χ0n) is 10.3. The van der Waals surface area contributed by atoms with E-state index in [4.69, 9.17) is 5.26 Å². The summed E-state index contributed by atoms with van der Waals surface area (Å²) in [6.45, 7) is 6.00. The average Bonchev–Trinajstić information content (AvgIpc) is 2.28. The van der Waals surface area contributed by atoms with E-state index in [9.17, 15) is 4.79 Å².